The number of aromatic nitrogens is 1. The molecule has 2 aromatic heterocycles. The predicted octanol–water partition coefficient (Wildman–Crippen LogP) is 4.80. The summed E-state index contributed by atoms with van der Waals surface area (Å²) in [6.07, 6.45) is 5.59. The van der Waals surface area contributed by atoms with Crippen molar-refractivity contribution in [1.82, 2.24) is 4.40 Å². The molecule has 0 amide bonds. The van der Waals surface area contributed by atoms with Gasteiger partial charge in [-0.05, 0) is 37.6 Å². The van der Waals surface area contributed by atoms with E-state index in [1.165, 1.54) is 0 Å². The summed E-state index contributed by atoms with van der Waals surface area (Å²) in [4.78, 5) is 12.4. The van der Waals surface area contributed by atoms with E-state index >= 15 is 0 Å². The summed E-state index contributed by atoms with van der Waals surface area (Å²) < 4.78 is 13.4. The van der Waals surface area contributed by atoms with Gasteiger partial charge < -0.3 is 13.9 Å². The number of carbonyl (C=O) groups excluding carboxylic acids is 1. The Balaban J connectivity index is 2.11. The molecule has 4 heteroatoms. The molecule has 2 heterocycles. The van der Waals surface area contributed by atoms with Crippen molar-refractivity contribution >= 4 is 11.5 Å². The van der Waals surface area contributed by atoms with Crippen LogP contribution >= 0.6 is 0 Å². The van der Waals surface area contributed by atoms with Gasteiger partial charge in [-0.1, -0.05) is 48.6 Å². The Labute approximate surface area is 153 Å². The summed E-state index contributed by atoms with van der Waals surface area (Å²) in [5, 5.41) is 0. The van der Waals surface area contributed by atoms with Gasteiger partial charge in [-0.25, -0.2) is 4.79 Å². The highest BCUT2D eigenvalue weighted by atomic mass is 16.5. The van der Waals surface area contributed by atoms with E-state index in [9.17, 15) is 4.79 Å². The number of carbonyl (C=O) groups is 1. The zero-order chi connectivity index (χ0) is 18.4. The van der Waals surface area contributed by atoms with Gasteiger partial charge in [0.15, 0.2) is 0 Å². The molecule has 0 radical (unpaired) electrons. The number of esters is 1. The van der Waals surface area contributed by atoms with Gasteiger partial charge >= 0.3 is 5.97 Å². The second-order valence-corrected chi connectivity index (χ2v) is 5.85. The molecular weight excluding hydrogens is 326 g/mol. The summed E-state index contributed by atoms with van der Waals surface area (Å²) in [5.74, 6) is -0.317. The fourth-order valence-corrected chi connectivity index (χ4v) is 2.98. The van der Waals surface area contributed by atoms with E-state index in [2.05, 4.69) is 0 Å². The van der Waals surface area contributed by atoms with Crippen LogP contribution in [0.5, 0.6) is 0 Å². The largest absolute Gasteiger partial charge is 0.462 e. The fourth-order valence-electron chi connectivity index (χ4n) is 2.98. The molecule has 0 aliphatic heterocycles. The average molecular weight is 349 g/mol. The number of hydrogen-bond donors (Lipinski definition) is 0. The molecule has 0 saturated heterocycles. The van der Waals surface area contributed by atoms with Crippen molar-refractivity contribution in [1.29, 1.82) is 0 Å². The van der Waals surface area contributed by atoms with Crippen LogP contribution in [0.25, 0.3) is 5.52 Å². The average Bonchev–Trinajstić information content (AvgIpc) is 3.06. The Kier molecular flexibility index (Phi) is 5.87. The number of rotatable bonds is 7. The van der Waals surface area contributed by atoms with E-state index in [-0.39, 0.29) is 12.1 Å². The van der Waals surface area contributed by atoms with Crippen LogP contribution < -0.4 is 0 Å². The van der Waals surface area contributed by atoms with Crippen LogP contribution in [-0.2, 0) is 9.47 Å². The molecule has 134 valence electrons. The Bertz CT molecular complexity index is 896. The number of hydrogen-bond acceptors (Lipinski definition) is 3. The van der Waals surface area contributed by atoms with Crippen LogP contribution in [0, 0.1) is 0 Å². The molecule has 0 aliphatic rings. The van der Waals surface area contributed by atoms with Gasteiger partial charge in [0.2, 0.25) is 0 Å². The molecule has 0 aliphatic carbocycles. The molecule has 0 saturated carbocycles. The lowest BCUT2D eigenvalue weighted by Gasteiger charge is -2.18. The standard InChI is InChI=1S/C22H23NO3/c1-3-5-15-26-21(17-11-7-6-8-12-17)20-16-18(22(24)25-4-2)19-13-9-10-14-23(19)20/h3,5-14,16,21H,4,15H2,1-2H3. The van der Waals surface area contributed by atoms with Crippen molar-refractivity contribution in [3.05, 3.63) is 89.8 Å². The summed E-state index contributed by atoms with van der Waals surface area (Å²) in [6.45, 7) is 4.61. The second-order valence-electron chi connectivity index (χ2n) is 5.85. The number of allylic oxidation sites excluding steroid dienone is 1. The molecule has 3 rings (SSSR count). The smallest absolute Gasteiger partial charge is 0.340 e. The van der Waals surface area contributed by atoms with Crippen LogP contribution in [0.1, 0.15) is 41.6 Å². The SMILES string of the molecule is CC=CCOC(c1ccccc1)c1cc(C(=O)OCC)c2ccccn12. The van der Waals surface area contributed by atoms with Gasteiger partial charge in [0, 0.05) is 6.20 Å². The highest BCUT2D eigenvalue weighted by Gasteiger charge is 2.23. The maximum atomic E-state index is 12.4. The maximum Gasteiger partial charge on any atom is 0.340 e. The van der Waals surface area contributed by atoms with Crippen molar-refractivity contribution in [3.63, 3.8) is 0 Å². The van der Waals surface area contributed by atoms with Crippen molar-refractivity contribution in [2.45, 2.75) is 20.0 Å². The van der Waals surface area contributed by atoms with E-state index in [0.29, 0.717) is 18.8 Å². The highest BCUT2D eigenvalue weighted by molar-refractivity contribution is 5.97. The molecule has 1 aromatic carbocycles. The molecule has 0 N–H and O–H groups in total. The fraction of sp³-hybridized carbons (Fsp3) is 0.227. The number of pyridine rings is 1. The zero-order valence-electron chi connectivity index (χ0n) is 15.1. The lowest BCUT2D eigenvalue weighted by atomic mass is 10.1. The van der Waals surface area contributed by atoms with Crippen LogP contribution in [0.3, 0.4) is 0 Å². The normalized spacial score (nSPS) is 12.5. The first-order chi connectivity index (χ1) is 12.8. The lowest BCUT2D eigenvalue weighted by molar-refractivity contribution is 0.0528. The molecule has 0 fully saturated rings. The Hall–Kier alpha value is -2.85. The molecule has 1 atom stereocenters. The molecule has 3 aromatic rings. The van der Waals surface area contributed by atoms with Gasteiger partial charge in [-0.2, -0.15) is 0 Å². The first kappa shape index (κ1) is 18.0. The number of fused-ring (bicyclic) bond motifs is 1. The van der Waals surface area contributed by atoms with Crippen LogP contribution in [0.4, 0.5) is 0 Å². The monoisotopic (exact) mass is 349 g/mol. The third-order valence-corrected chi connectivity index (χ3v) is 4.17. The highest BCUT2D eigenvalue weighted by Crippen LogP contribution is 2.30. The van der Waals surface area contributed by atoms with Crippen molar-refractivity contribution < 1.29 is 14.3 Å². The Morgan fingerprint density at radius 3 is 2.65 bits per heavy atom. The Morgan fingerprint density at radius 2 is 1.92 bits per heavy atom. The second kappa shape index (κ2) is 8.50. The van der Waals surface area contributed by atoms with Gasteiger partial charge in [0.1, 0.15) is 6.10 Å². The third kappa shape index (κ3) is 3.70. The van der Waals surface area contributed by atoms with Gasteiger partial charge in [-0.15, -0.1) is 0 Å². The van der Waals surface area contributed by atoms with Crippen molar-refractivity contribution in [2.75, 3.05) is 13.2 Å². The van der Waals surface area contributed by atoms with Gasteiger partial charge in [0.25, 0.3) is 0 Å². The summed E-state index contributed by atoms with van der Waals surface area (Å²) in [7, 11) is 0. The molecule has 26 heavy (non-hydrogen) atoms. The molecule has 1 unspecified atom stereocenters. The van der Waals surface area contributed by atoms with E-state index in [1.807, 2.05) is 91.2 Å². The summed E-state index contributed by atoms with van der Waals surface area (Å²) >= 11 is 0. The number of benzene rings is 1. The van der Waals surface area contributed by atoms with E-state index in [0.717, 1.165) is 16.8 Å². The van der Waals surface area contributed by atoms with E-state index < -0.39 is 0 Å². The van der Waals surface area contributed by atoms with Gasteiger partial charge in [-0.3, -0.25) is 0 Å². The number of nitrogens with zero attached hydrogens (tertiary/aromatic N) is 1. The minimum absolute atomic E-state index is 0.287. The minimum Gasteiger partial charge on any atom is -0.462 e. The zero-order valence-corrected chi connectivity index (χ0v) is 15.1. The topological polar surface area (TPSA) is 39.9 Å². The predicted molar refractivity (Wildman–Crippen MR) is 102 cm³/mol. The molecule has 0 bridgehead atoms. The minimum atomic E-state index is -0.317. The van der Waals surface area contributed by atoms with E-state index in [4.69, 9.17) is 9.47 Å². The Morgan fingerprint density at radius 1 is 1.15 bits per heavy atom. The first-order valence-corrected chi connectivity index (χ1v) is 8.81. The summed E-state index contributed by atoms with van der Waals surface area (Å²) in [5.41, 5.74) is 3.31. The van der Waals surface area contributed by atoms with E-state index in [1.54, 1.807) is 0 Å². The van der Waals surface area contributed by atoms with Gasteiger partial charge in [0.05, 0.1) is 30.0 Å². The lowest BCUT2D eigenvalue weighted by Crippen LogP contribution is -2.09. The molecular formula is C22H23NO3. The molecule has 0 spiro atoms. The third-order valence-electron chi connectivity index (χ3n) is 4.17. The van der Waals surface area contributed by atoms with Crippen LogP contribution in [0.2, 0.25) is 0 Å². The quantitative estimate of drug-likeness (QED) is 0.454. The molecule has 4 nitrogen and oxygen atoms in total. The van der Waals surface area contributed by atoms with Crippen LogP contribution in [-0.4, -0.2) is 23.6 Å². The maximum absolute atomic E-state index is 12.4. The number of ether oxygens (including phenoxy) is 2. The van der Waals surface area contributed by atoms with Crippen molar-refractivity contribution in [3.8, 4) is 0 Å². The summed E-state index contributed by atoms with van der Waals surface area (Å²) in [6, 6.07) is 17.7. The first-order valence-electron chi connectivity index (χ1n) is 8.81. The van der Waals surface area contributed by atoms with Crippen LogP contribution in [0.15, 0.2) is 72.9 Å². The van der Waals surface area contributed by atoms with Crippen molar-refractivity contribution in [2.24, 2.45) is 0 Å².